The molecule has 3 atom stereocenters. The van der Waals surface area contributed by atoms with Gasteiger partial charge in [-0.1, -0.05) is 17.7 Å². The number of nitrogens with two attached hydrogens (primary N) is 2. The van der Waals surface area contributed by atoms with Crippen molar-refractivity contribution in [2.45, 2.75) is 37.5 Å². The lowest BCUT2D eigenvalue weighted by Gasteiger charge is -2.19. The van der Waals surface area contributed by atoms with Gasteiger partial charge in [0.1, 0.15) is 6.10 Å². The van der Waals surface area contributed by atoms with Gasteiger partial charge < -0.3 is 37.2 Å². The van der Waals surface area contributed by atoms with E-state index < -0.39 is 30.1 Å². The standard InChI is InChI=1S/C19H28N6O5S/c20-12(9-11-5-7-25(10-11)19(21)22)17(28)23-6-1-4-14(26)24-15(18(29)30)16(27)13-3-2-8-31-13/h2-3,5,8,12,15-16,27H,1,4,6-7,9-10,20H2,(H3,21,22)(H,23,28)(H,24,26)(H,29,30). The Morgan fingerprint density at radius 1 is 1.35 bits per heavy atom. The van der Waals surface area contributed by atoms with E-state index in [4.69, 9.17) is 16.9 Å². The van der Waals surface area contributed by atoms with Crippen LogP contribution in [-0.2, 0) is 14.4 Å². The number of carbonyl (C=O) groups excluding carboxylic acids is 2. The average molecular weight is 453 g/mol. The molecule has 0 saturated carbocycles. The molecular formula is C19H28N6O5S. The monoisotopic (exact) mass is 452 g/mol. The number of hydrogen-bond donors (Lipinski definition) is 7. The number of rotatable bonds is 11. The van der Waals surface area contributed by atoms with Crippen molar-refractivity contribution in [3.8, 4) is 0 Å². The predicted molar refractivity (Wildman–Crippen MR) is 115 cm³/mol. The number of carboxylic acids is 1. The number of thiophene rings is 1. The van der Waals surface area contributed by atoms with E-state index in [1.165, 1.54) is 11.3 Å². The number of nitrogens with one attached hydrogen (secondary N) is 3. The smallest absolute Gasteiger partial charge is 0.329 e. The molecule has 2 rings (SSSR count). The summed E-state index contributed by atoms with van der Waals surface area (Å²) >= 11 is 1.20. The van der Waals surface area contributed by atoms with Gasteiger partial charge >= 0.3 is 5.97 Å². The Labute approximate surface area is 183 Å². The SMILES string of the molecule is N=C(N)N1CC=C(CC(N)C(=O)NCCCC(=O)NC(C(=O)O)C(O)c2cccs2)C1. The van der Waals surface area contributed by atoms with Crippen molar-refractivity contribution < 1.29 is 24.6 Å². The zero-order valence-corrected chi connectivity index (χ0v) is 17.7. The maximum absolute atomic E-state index is 12.1. The van der Waals surface area contributed by atoms with Gasteiger partial charge in [0.15, 0.2) is 12.0 Å². The highest BCUT2D eigenvalue weighted by atomic mass is 32.1. The van der Waals surface area contributed by atoms with E-state index in [1.54, 1.807) is 22.4 Å². The maximum Gasteiger partial charge on any atom is 0.329 e. The molecule has 9 N–H and O–H groups in total. The summed E-state index contributed by atoms with van der Waals surface area (Å²) in [6.45, 7) is 1.19. The second-order valence-corrected chi connectivity index (χ2v) is 8.16. The highest BCUT2D eigenvalue weighted by Crippen LogP contribution is 2.22. The van der Waals surface area contributed by atoms with Crippen LogP contribution in [0.2, 0.25) is 0 Å². The molecule has 0 fully saturated rings. The average Bonchev–Trinajstić information content (AvgIpc) is 3.40. The molecule has 1 aromatic rings. The first kappa shape index (κ1) is 24.3. The number of nitrogens with zero attached hydrogens (tertiary/aromatic N) is 1. The molecule has 31 heavy (non-hydrogen) atoms. The minimum absolute atomic E-state index is 0.0187. The lowest BCUT2D eigenvalue weighted by Crippen LogP contribution is -2.45. The van der Waals surface area contributed by atoms with Crippen molar-refractivity contribution in [3.05, 3.63) is 34.0 Å². The van der Waals surface area contributed by atoms with Crippen molar-refractivity contribution in [2.24, 2.45) is 11.5 Å². The van der Waals surface area contributed by atoms with Crippen LogP contribution >= 0.6 is 11.3 Å². The van der Waals surface area contributed by atoms with Gasteiger partial charge in [-0.05, 0) is 24.3 Å². The second kappa shape index (κ2) is 11.4. The zero-order chi connectivity index (χ0) is 23.0. The highest BCUT2D eigenvalue weighted by molar-refractivity contribution is 7.10. The summed E-state index contributed by atoms with van der Waals surface area (Å²) in [7, 11) is 0. The lowest BCUT2D eigenvalue weighted by atomic mass is 10.1. The Bertz CT molecular complexity index is 828. The molecule has 1 aliphatic rings. The van der Waals surface area contributed by atoms with Crippen LogP contribution < -0.4 is 22.1 Å². The Kier molecular flexibility index (Phi) is 8.97. The van der Waals surface area contributed by atoms with Crippen LogP contribution in [-0.4, -0.2) is 70.6 Å². The Balaban J connectivity index is 1.69. The summed E-state index contributed by atoms with van der Waals surface area (Å²) in [5.41, 5.74) is 12.3. The van der Waals surface area contributed by atoms with Crippen LogP contribution in [0.3, 0.4) is 0 Å². The third-order valence-electron chi connectivity index (χ3n) is 4.77. The third-order valence-corrected chi connectivity index (χ3v) is 5.71. The van der Waals surface area contributed by atoms with Gasteiger partial charge in [-0.15, -0.1) is 11.3 Å². The molecule has 170 valence electrons. The van der Waals surface area contributed by atoms with E-state index in [0.717, 1.165) is 5.57 Å². The number of guanidine groups is 1. The number of carboxylic acid groups (broad SMARTS) is 1. The van der Waals surface area contributed by atoms with Crippen LogP contribution in [0, 0.1) is 5.41 Å². The van der Waals surface area contributed by atoms with Gasteiger partial charge in [0.05, 0.1) is 6.04 Å². The quantitative estimate of drug-likeness (QED) is 0.0970. The summed E-state index contributed by atoms with van der Waals surface area (Å²) in [6, 6.07) is 1.06. The first-order chi connectivity index (χ1) is 14.7. The predicted octanol–water partition coefficient (Wildman–Crippen LogP) is -0.900. The van der Waals surface area contributed by atoms with E-state index in [-0.39, 0.29) is 31.3 Å². The largest absolute Gasteiger partial charge is 0.480 e. The molecule has 1 aliphatic heterocycles. The van der Waals surface area contributed by atoms with Gasteiger partial charge in [-0.3, -0.25) is 15.0 Å². The molecule has 11 nitrogen and oxygen atoms in total. The molecule has 12 heteroatoms. The Hall–Kier alpha value is -2.96. The molecule has 0 radical (unpaired) electrons. The van der Waals surface area contributed by atoms with Crippen LogP contribution in [0.5, 0.6) is 0 Å². The maximum atomic E-state index is 12.1. The number of amides is 2. The topological polar surface area (TPSA) is 195 Å². The van der Waals surface area contributed by atoms with E-state index in [1.807, 2.05) is 6.08 Å². The van der Waals surface area contributed by atoms with Crippen molar-refractivity contribution >= 4 is 35.1 Å². The summed E-state index contributed by atoms with van der Waals surface area (Å²) in [4.78, 5) is 37.7. The lowest BCUT2D eigenvalue weighted by molar-refractivity contribution is -0.145. The van der Waals surface area contributed by atoms with Crippen LogP contribution in [0.25, 0.3) is 0 Å². The number of aliphatic hydroxyl groups is 1. The molecule has 0 aromatic carbocycles. The van der Waals surface area contributed by atoms with Crippen molar-refractivity contribution in [1.82, 2.24) is 15.5 Å². The number of aliphatic carboxylic acids is 1. The van der Waals surface area contributed by atoms with Crippen LogP contribution in [0.1, 0.15) is 30.2 Å². The van der Waals surface area contributed by atoms with Gasteiger partial charge in [0.25, 0.3) is 0 Å². The minimum Gasteiger partial charge on any atom is -0.480 e. The second-order valence-electron chi connectivity index (χ2n) is 7.18. The van der Waals surface area contributed by atoms with Gasteiger partial charge in [0, 0.05) is 30.9 Å². The first-order valence-electron chi connectivity index (χ1n) is 9.72. The molecular weight excluding hydrogens is 424 g/mol. The van der Waals surface area contributed by atoms with E-state index in [9.17, 15) is 24.6 Å². The van der Waals surface area contributed by atoms with Gasteiger partial charge in [-0.2, -0.15) is 0 Å². The summed E-state index contributed by atoms with van der Waals surface area (Å²) in [6.07, 6.45) is 1.16. The highest BCUT2D eigenvalue weighted by Gasteiger charge is 2.30. The van der Waals surface area contributed by atoms with Crippen molar-refractivity contribution in [2.75, 3.05) is 19.6 Å². The molecule has 2 amide bonds. The molecule has 0 spiro atoms. The van der Waals surface area contributed by atoms with E-state index in [0.29, 0.717) is 24.4 Å². The molecule has 0 aliphatic carbocycles. The summed E-state index contributed by atoms with van der Waals surface area (Å²) in [5.74, 6) is -2.27. The minimum atomic E-state index is -1.46. The molecule has 0 bridgehead atoms. The summed E-state index contributed by atoms with van der Waals surface area (Å²) < 4.78 is 0. The number of hydrogen-bond acceptors (Lipinski definition) is 7. The Morgan fingerprint density at radius 3 is 2.68 bits per heavy atom. The van der Waals surface area contributed by atoms with Crippen molar-refractivity contribution in [1.29, 1.82) is 5.41 Å². The van der Waals surface area contributed by atoms with Gasteiger partial charge in [0.2, 0.25) is 11.8 Å². The molecule has 1 aromatic heterocycles. The number of aliphatic hydroxyl groups excluding tert-OH is 1. The first-order valence-corrected chi connectivity index (χ1v) is 10.6. The molecule has 2 heterocycles. The van der Waals surface area contributed by atoms with Crippen molar-refractivity contribution in [3.63, 3.8) is 0 Å². The van der Waals surface area contributed by atoms with E-state index in [2.05, 4.69) is 10.6 Å². The Morgan fingerprint density at radius 2 is 2.10 bits per heavy atom. The molecule has 0 saturated heterocycles. The molecule has 3 unspecified atom stereocenters. The van der Waals surface area contributed by atoms with Gasteiger partial charge in [-0.25, -0.2) is 4.79 Å². The zero-order valence-electron chi connectivity index (χ0n) is 16.9. The van der Waals surface area contributed by atoms with E-state index >= 15 is 0 Å². The van der Waals surface area contributed by atoms with Crippen LogP contribution in [0.4, 0.5) is 0 Å². The summed E-state index contributed by atoms with van der Waals surface area (Å²) in [5, 5.41) is 33.5. The fourth-order valence-corrected chi connectivity index (χ4v) is 3.80. The normalized spacial score (nSPS) is 16.2. The third kappa shape index (κ3) is 7.35. The van der Waals surface area contributed by atoms with Crippen LogP contribution in [0.15, 0.2) is 29.2 Å². The number of carbonyl (C=O) groups is 3. The fraction of sp³-hybridized carbons (Fsp3) is 0.474. The fourth-order valence-electron chi connectivity index (χ4n) is 3.06.